The normalized spacial score (nSPS) is 25.5. The fraction of sp³-hybridized carbons (Fsp3) is 0.704. The van der Waals surface area contributed by atoms with Gasteiger partial charge in [0.2, 0.25) is 0 Å². The Hall–Kier alpha value is -1.76. The summed E-state index contributed by atoms with van der Waals surface area (Å²) in [6.07, 6.45) is 19.8. The molecule has 33 heavy (non-hydrogen) atoms. The lowest BCUT2D eigenvalue weighted by Crippen LogP contribution is -2.55. The van der Waals surface area contributed by atoms with Crippen LogP contribution in [0.1, 0.15) is 51.9 Å². The number of piperidine rings is 2. The van der Waals surface area contributed by atoms with E-state index in [1.54, 1.807) is 18.0 Å². The third-order valence-electron chi connectivity index (χ3n) is 8.32. The van der Waals surface area contributed by atoms with E-state index in [-0.39, 0.29) is 0 Å². The zero-order valence-corrected chi connectivity index (χ0v) is 20.5. The molecule has 0 saturated carbocycles. The summed E-state index contributed by atoms with van der Waals surface area (Å²) in [5.74, 6) is 1.02. The maximum atomic E-state index is 4.53. The van der Waals surface area contributed by atoms with Crippen LogP contribution in [0.5, 0.6) is 0 Å². The topological polar surface area (TPSA) is 38.7 Å². The lowest BCUT2D eigenvalue weighted by Gasteiger charge is -2.45. The minimum atomic E-state index is 0.511. The van der Waals surface area contributed by atoms with E-state index in [0.717, 1.165) is 38.0 Å². The van der Waals surface area contributed by atoms with E-state index in [0.29, 0.717) is 6.04 Å². The number of aromatic nitrogens is 2. The van der Waals surface area contributed by atoms with Gasteiger partial charge in [-0.1, -0.05) is 24.1 Å². The van der Waals surface area contributed by atoms with E-state index >= 15 is 0 Å². The highest BCUT2D eigenvalue weighted by molar-refractivity contribution is 5.38. The number of allylic oxidation sites excluding steroid dienone is 2. The quantitative estimate of drug-likeness (QED) is 0.660. The lowest BCUT2D eigenvalue weighted by molar-refractivity contribution is 0.0765. The lowest BCUT2D eigenvalue weighted by atomic mass is 9.90. The van der Waals surface area contributed by atoms with Gasteiger partial charge in [-0.3, -0.25) is 9.88 Å². The standard InChI is InChI=1S/C27H42N6/c1-23-7-3-4-8-25(23)26(32-17-19-33(20-18-32)27-21-28-11-12-29-27)22-30-15-9-24(10-16-30)31-13-5-2-6-14-31/h7-8,11-12,21,24,26H,2-6,9-10,13-20,22H2,1H3. The van der Waals surface area contributed by atoms with Crippen molar-refractivity contribution in [1.82, 2.24) is 24.7 Å². The summed E-state index contributed by atoms with van der Waals surface area (Å²) in [4.78, 5) is 19.5. The Morgan fingerprint density at radius 1 is 0.879 bits per heavy atom. The molecule has 3 fully saturated rings. The highest BCUT2D eigenvalue weighted by Gasteiger charge is 2.32. The van der Waals surface area contributed by atoms with Gasteiger partial charge in [0.15, 0.2) is 0 Å². The molecule has 180 valence electrons. The number of likely N-dealkylation sites (tertiary alicyclic amines) is 2. The second-order valence-corrected chi connectivity index (χ2v) is 10.4. The van der Waals surface area contributed by atoms with Crippen LogP contribution in [0.4, 0.5) is 5.82 Å². The summed E-state index contributed by atoms with van der Waals surface area (Å²) < 4.78 is 0. The summed E-state index contributed by atoms with van der Waals surface area (Å²) in [5, 5.41) is 0. The number of rotatable bonds is 6. The SMILES string of the molecule is CC1=CCCC=C1C(CN1CCC(N2CCCCC2)CC1)N1CCN(c2cnccn2)CC1. The zero-order chi connectivity index (χ0) is 22.5. The van der Waals surface area contributed by atoms with E-state index in [9.17, 15) is 0 Å². The molecule has 4 heterocycles. The van der Waals surface area contributed by atoms with Crippen LogP contribution in [-0.4, -0.2) is 95.7 Å². The molecule has 6 nitrogen and oxygen atoms in total. The highest BCUT2D eigenvalue weighted by atomic mass is 15.3. The molecule has 0 aromatic carbocycles. The van der Waals surface area contributed by atoms with Crippen molar-refractivity contribution in [2.24, 2.45) is 0 Å². The minimum absolute atomic E-state index is 0.511. The predicted molar refractivity (Wildman–Crippen MR) is 136 cm³/mol. The van der Waals surface area contributed by atoms with Crippen LogP contribution in [0.2, 0.25) is 0 Å². The number of hydrogen-bond acceptors (Lipinski definition) is 6. The molecule has 0 spiro atoms. The molecule has 1 aromatic heterocycles. The van der Waals surface area contributed by atoms with Crippen LogP contribution in [0, 0.1) is 0 Å². The fourth-order valence-corrected chi connectivity index (χ4v) is 6.34. The first kappa shape index (κ1) is 23.0. The van der Waals surface area contributed by atoms with Crippen molar-refractivity contribution in [3.8, 4) is 0 Å². The number of hydrogen-bond donors (Lipinski definition) is 0. The largest absolute Gasteiger partial charge is 0.353 e. The maximum Gasteiger partial charge on any atom is 0.147 e. The molecule has 1 aliphatic carbocycles. The smallest absolute Gasteiger partial charge is 0.147 e. The average Bonchev–Trinajstić information content (AvgIpc) is 2.89. The van der Waals surface area contributed by atoms with Crippen molar-refractivity contribution in [1.29, 1.82) is 0 Å². The van der Waals surface area contributed by atoms with Gasteiger partial charge < -0.3 is 14.7 Å². The predicted octanol–water partition coefficient (Wildman–Crippen LogP) is 3.58. The Morgan fingerprint density at radius 2 is 1.64 bits per heavy atom. The van der Waals surface area contributed by atoms with E-state index in [4.69, 9.17) is 0 Å². The Balaban J connectivity index is 1.22. The van der Waals surface area contributed by atoms with E-state index < -0.39 is 0 Å². The molecule has 5 rings (SSSR count). The summed E-state index contributed by atoms with van der Waals surface area (Å²) in [7, 11) is 0. The van der Waals surface area contributed by atoms with Crippen molar-refractivity contribution in [2.75, 3.05) is 63.8 Å². The monoisotopic (exact) mass is 450 g/mol. The molecular weight excluding hydrogens is 408 g/mol. The van der Waals surface area contributed by atoms with Gasteiger partial charge in [-0.15, -0.1) is 0 Å². The highest BCUT2D eigenvalue weighted by Crippen LogP contribution is 2.28. The van der Waals surface area contributed by atoms with Gasteiger partial charge in [0, 0.05) is 57.2 Å². The average molecular weight is 451 g/mol. The van der Waals surface area contributed by atoms with Crippen molar-refractivity contribution in [2.45, 2.75) is 64.0 Å². The molecule has 0 amide bonds. The third-order valence-corrected chi connectivity index (χ3v) is 8.32. The first-order valence-corrected chi connectivity index (χ1v) is 13.4. The van der Waals surface area contributed by atoms with Gasteiger partial charge in [-0.2, -0.15) is 0 Å². The number of nitrogens with zero attached hydrogens (tertiary/aromatic N) is 6. The molecule has 3 aliphatic heterocycles. The van der Waals surface area contributed by atoms with E-state index in [1.807, 2.05) is 6.20 Å². The van der Waals surface area contributed by atoms with Crippen molar-refractivity contribution >= 4 is 5.82 Å². The van der Waals surface area contributed by atoms with E-state index in [1.165, 1.54) is 83.2 Å². The molecule has 1 aromatic rings. The zero-order valence-electron chi connectivity index (χ0n) is 20.5. The molecule has 4 aliphatic rings. The van der Waals surface area contributed by atoms with Crippen LogP contribution in [0.15, 0.2) is 41.9 Å². The second kappa shape index (κ2) is 11.1. The van der Waals surface area contributed by atoms with Crippen molar-refractivity contribution in [3.63, 3.8) is 0 Å². The molecule has 6 heteroatoms. The third kappa shape index (κ3) is 5.67. The summed E-state index contributed by atoms with van der Waals surface area (Å²) in [5.41, 5.74) is 3.10. The molecule has 0 bridgehead atoms. The Bertz CT molecular complexity index is 799. The Morgan fingerprint density at radius 3 is 2.33 bits per heavy atom. The minimum Gasteiger partial charge on any atom is -0.353 e. The van der Waals surface area contributed by atoms with Crippen LogP contribution in [0.3, 0.4) is 0 Å². The van der Waals surface area contributed by atoms with Gasteiger partial charge in [-0.05, 0) is 77.2 Å². The van der Waals surface area contributed by atoms with Crippen LogP contribution in [-0.2, 0) is 0 Å². The van der Waals surface area contributed by atoms with Crippen LogP contribution >= 0.6 is 0 Å². The first-order valence-electron chi connectivity index (χ1n) is 13.4. The van der Waals surface area contributed by atoms with Crippen molar-refractivity contribution < 1.29 is 0 Å². The number of piperazine rings is 1. The summed E-state index contributed by atoms with van der Waals surface area (Å²) in [6, 6.07) is 1.34. The maximum absolute atomic E-state index is 4.53. The summed E-state index contributed by atoms with van der Waals surface area (Å²) >= 11 is 0. The van der Waals surface area contributed by atoms with Gasteiger partial charge >= 0.3 is 0 Å². The van der Waals surface area contributed by atoms with Gasteiger partial charge in [-0.25, -0.2) is 4.98 Å². The number of anilines is 1. The fourth-order valence-electron chi connectivity index (χ4n) is 6.34. The molecule has 3 saturated heterocycles. The molecule has 0 N–H and O–H groups in total. The Kier molecular flexibility index (Phi) is 7.74. The first-order chi connectivity index (χ1) is 16.3. The summed E-state index contributed by atoms with van der Waals surface area (Å²) in [6.45, 7) is 12.9. The van der Waals surface area contributed by atoms with Gasteiger partial charge in [0.25, 0.3) is 0 Å². The van der Waals surface area contributed by atoms with Crippen LogP contribution < -0.4 is 4.90 Å². The second-order valence-electron chi connectivity index (χ2n) is 10.4. The van der Waals surface area contributed by atoms with Gasteiger partial charge in [0.1, 0.15) is 5.82 Å². The van der Waals surface area contributed by atoms with E-state index in [2.05, 4.69) is 48.6 Å². The van der Waals surface area contributed by atoms with Crippen LogP contribution in [0.25, 0.3) is 0 Å². The van der Waals surface area contributed by atoms with Crippen molar-refractivity contribution in [3.05, 3.63) is 41.9 Å². The molecule has 0 radical (unpaired) electrons. The Labute approximate surface area is 200 Å². The molecule has 1 atom stereocenters. The molecule has 1 unspecified atom stereocenters. The van der Waals surface area contributed by atoms with Gasteiger partial charge in [0.05, 0.1) is 6.20 Å². The molecular formula is C27H42N6.